The van der Waals surface area contributed by atoms with Crippen LogP contribution in [-0.4, -0.2) is 48.8 Å². The first-order chi connectivity index (χ1) is 10.4. The fraction of sp³-hybridized carbons (Fsp3) is 0.529. The molecule has 0 bridgehead atoms. The number of rotatable bonds is 2. The molecule has 1 spiro atoms. The normalized spacial score (nSPS) is 37.5. The van der Waals surface area contributed by atoms with Crippen molar-refractivity contribution in [1.82, 2.24) is 9.21 Å². The Labute approximate surface area is 132 Å². The van der Waals surface area contributed by atoms with Crippen LogP contribution in [0.4, 0.5) is 0 Å². The Balaban J connectivity index is 1.60. The summed E-state index contributed by atoms with van der Waals surface area (Å²) in [4.78, 5) is 2.92. The summed E-state index contributed by atoms with van der Waals surface area (Å²) in [7, 11) is -3.37. The van der Waals surface area contributed by atoms with Crippen LogP contribution in [0.5, 0.6) is 0 Å². The molecule has 1 aromatic rings. The SMILES string of the molecule is Cc1ccc(S(=O)(=O)N2CC[C@@]34CN3[C@H](C)C=C[C@@H]4C2)cc1. The van der Waals surface area contributed by atoms with Crippen molar-refractivity contribution in [2.75, 3.05) is 19.6 Å². The summed E-state index contributed by atoms with van der Waals surface area (Å²) < 4.78 is 27.4. The first kappa shape index (κ1) is 14.4. The van der Waals surface area contributed by atoms with Gasteiger partial charge in [0.05, 0.1) is 4.90 Å². The molecule has 1 unspecified atom stereocenters. The van der Waals surface area contributed by atoms with Crippen LogP contribution in [0.15, 0.2) is 41.3 Å². The second-order valence-electron chi connectivity index (χ2n) is 6.89. The van der Waals surface area contributed by atoms with E-state index in [2.05, 4.69) is 24.0 Å². The van der Waals surface area contributed by atoms with Gasteiger partial charge in [0.15, 0.2) is 0 Å². The van der Waals surface area contributed by atoms with E-state index in [1.807, 2.05) is 19.1 Å². The number of aryl methyl sites for hydroxylation is 1. The summed E-state index contributed by atoms with van der Waals surface area (Å²) in [6.07, 6.45) is 5.40. The Kier molecular flexibility index (Phi) is 3.06. The average Bonchev–Trinajstić information content (AvgIpc) is 3.23. The molecule has 4 rings (SSSR count). The molecule has 5 heteroatoms. The van der Waals surface area contributed by atoms with Gasteiger partial charge in [0.1, 0.15) is 0 Å². The molecule has 4 atom stereocenters. The van der Waals surface area contributed by atoms with Crippen LogP contribution >= 0.6 is 0 Å². The summed E-state index contributed by atoms with van der Waals surface area (Å²) in [5.41, 5.74) is 1.32. The lowest BCUT2D eigenvalue weighted by molar-refractivity contribution is 0.185. The van der Waals surface area contributed by atoms with Crippen LogP contribution in [0.2, 0.25) is 0 Å². The highest BCUT2D eigenvalue weighted by atomic mass is 32.2. The molecule has 0 amide bonds. The fourth-order valence-corrected chi connectivity index (χ4v) is 5.53. The molecule has 4 nitrogen and oxygen atoms in total. The van der Waals surface area contributed by atoms with Crippen molar-refractivity contribution >= 4 is 10.0 Å². The molecule has 3 heterocycles. The van der Waals surface area contributed by atoms with E-state index >= 15 is 0 Å². The standard InChI is InChI=1S/C17H22N2O2S/c1-13-3-7-16(8-4-13)22(20,21)18-10-9-17-12-19(17)14(2)5-6-15(17)11-18/h3-8,14-15H,9-12H2,1-2H3/t14-,15-,17+,19?/m1/s1. The first-order valence-corrected chi connectivity index (χ1v) is 9.39. The van der Waals surface area contributed by atoms with Crippen molar-refractivity contribution < 1.29 is 8.42 Å². The maximum atomic E-state index is 12.8. The predicted octanol–water partition coefficient (Wildman–Crippen LogP) is 2.02. The summed E-state index contributed by atoms with van der Waals surface area (Å²) in [6.45, 7) is 6.54. The molecule has 3 aliphatic heterocycles. The molecule has 0 aromatic heterocycles. The quantitative estimate of drug-likeness (QED) is 0.619. The van der Waals surface area contributed by atoms with Gasteiger partial charge in [-0.2, -0.15) is 4.31 Å². The molecule has 2 saturated heterocycles. The third-order valence-corrected chi connectivity index (χ3v) is 7.45. The summed E-state index contributed by atoms with van der Waals surface area (Å²) >= 11 is 0. The zero-order valence-corrected chi connectivity index (χ0v) is 13.9. The number of sulfonamides is 1. The van der Waals surface area contributed by atoms with Crippen LogP contribution < -0.4 is 0 Å². The smallest absolute Gasteiger partial charge is 0.243 e. The summed E-state index contributed by atoms with van der Waals surface area (Å²) in [6, 6.07) is 7.66. The van der Waals surface area contributed by atoms with Crippen molar-refractivity contribution in [3.63, 3.8) is 0 Å². The van der Waals surface area contributed by atoms with Gasteiger partial charge < -0.3 is 0 Å². The van der Waals surface area contributed by atoms with Crippen LogP contribution in [-0.2, 0) is 10.0 Å². The lowest BCUT2D eigenvalue weighted by Crippen LogP contribution is -2.50. The second-order valence-corrected chi connectivity index (χ2v) is 8.83. The Morgan fingerprint density at radius 2 is 1.91 bits per heavy atom. The van der Waals surface area contributed by atoms with Gasteiger partial charge in [0.25, 0.3) is 0 Å². The Morgan fingerprint density at radius 1 is 1.18 bits per heavy atom. The number of piperidine rings is 1. The van der Waals surface area contributed by atoms with Crippen LogP contribution in [0.25, 0.3) is 0 Å². The topological polar surface area (TPSA) is 40.4 Å². The van der Waals surface area contributed by atoms with E-state index in [1.54, 1.807) is 16.4 Å². The molecular formula is C17H22N2O2S. The Bertz CT molecular complexity index is 726. The number of hydrogen-bond donors (Lipinski definition) is 0. The van der Waals surface area contributed by atoms with Crippen molar-refractivity contribution in [3.05, 3.63) is 42.0 Å². The van der Waals surface area contributed by atoms with E-state index in [9.17, 15) is 8.42 Å². The molecule has 118 valence electrons. The van der Waals surface area contributed by atoms with E-state index < -0.39 is 10.0 Å². The third kappa shape index (κ3) is 1.99. The van der Waals surface area contributed by atoms with Gasteiger partial charge in [-0.15, -0.1) is 0 Å². The van der Waals surface area contributed by atoms with Crippen LogP contribution in [0, 0.1) is 12.8 Å². The van der Waals surface area contributed by atoms with E-state index in [-0.39, 0.29) is 5.54 Å². The Morgan fingerprint density at radius 3 is 2.64 bits per heavy atom. The Hall–Kier alpha value is -1.17. The van der Waals surface area contributed by atoms with E-state index in [0.717, 1.165) is 18.5 Å². The molecule has 0 N–H and O–H groups in total. The van der Waals surface area contributed by atoms with E-state index in [4.69, 9.17) is 0 Å². The molecule has 3 aliphatic rings. The van der Waals surface area contributed by atoms with Crippen molar-refractivity contribution in [2.45, 2.75) is 36.7 Å². The number of nitrogens with zero attached hydrogens (tertiary/aromatic N) is 2. The lowest BCUT2D eigenvalue weighted by Gasteiger charge is -2.40. The molecule has 22 heavy (non-hydrogen) atoms. The highest BCUT2D eigenvalue weighted by molar-refractivity contribution is 7.89. The van der Waals surface area contributed by atoms with Crippen molar-refractivity contribution in [3.8, 4) is 0 Å². The maximum Gasteiger partial charge on any atom is 0.243 e. The minimum Gasteiger partial charge on any atom is -0.288 e. The molecule has 0 saturated carbocycles. The number of benzene rings is 1. The highest BCUT2D eigenvalue weighted by Gasteiger charge is 2.61. The van der Waals surface area contributed by atoms with Crippen LogP contribution in [0.3, 0.4) is 0 Å². The molecule has 1 aromatic carbocycles. The molecule has 2 fully saturated rings. The van der Waals surface area contributed by atoms with E-state index in [1.165, 1.54) is 0 Å². The van der Waals surface area contributed by atoms with Gasteiger partial charge in [-0.25, -0.2) is 8.42 Å². The highest BCUT2D eigenvalue weighted by Crippen LogP contribution is 2.50. The molecular weight excluding hydrogens is 296 g/mol. The van der Waals surface area contributed by atoms with Gasteiger partial charge in [-0.05, 0) is 32.4 Å². The lowest BCUT2D eigenvalue weighted by atomic mass is 9.83. The van der Waals surface area contributed by atoms with Crippen LogP contribution in [0.1, 0.15) is 18.9 Å². The van der Waals surface area contributed by atoms with Gasteiger partial charge in [0.2, 0.25) is 10.0 Å². The zero-order valence-electron chi connectivity index (χ0n) is 13.1. The van der Waals surface area contributed by atoms with Gasteiger partial charge in [0, 0.05) is 37.1 Å². The predicted molar refractivity (Wildman–Crippen MR) is 86.1 cm³/mol. The minimum atomic E-state index is -3.37. The second kappa shape index (κ2) is 4.66. The molecule has 0 radical (unpaired) electrons. The maximum absolute atomic E-state index is 12.8. The summed E-state index contributed by atoms with van der Waals surface area (Å²) in [5.74, 6) is 0.331. The van der Waals surface area contributed by atoms with Crippen molar-refractivity contribution in [1.29, 1.82) is 0 Å². The van der Waals surface area contributed by atoms with Gasteiger partial charge >= 0.3 is 0 Å². The summed E-state index contributed by atoms with van der Waals surface area (Å²) in [5, 5.41) is 0. The largest absolute Gasteiger partial charge is 0.288 e. The fourth-order valence-electron chi connectivity index (χ4n) is 4.06. The zero-order chi connectivity index (χ0) is 15.5. The third-order valence-electron chi connectivity index (χ3n) is 5.57. The van der Waals surface area contributed by atoms with Gasteiger partial charge in [-0.3, -0.25) is 4.90 Å². The first-order valence-electron chi connectivity index (χ1n) is 7.95. The van der Waals surface area contributed by atoms with E-state index in [0.29, 0.717) is 29.9 Å². The number of hydrogen-bond acceptors (Lipinski definition) is 3. The monoisotopic (exact) mass is 318 g/mol. The van der Waals surface area contributed by atoms with Crippen molar-refractivity contribution in [2.24, 2.45) is 5.92 Å². The molecule has 0 aliphatic carbocycles. The minimum absolute atomic E-state index is 0.244. The average molecular weight is 318 g/mol. The van der Waals surface area contributed by atoms with Gasteiger partial charge in [-0.1, -0.05) is 29.8 Å².